The van der Waals surface area contributed by atoms with Crippen LogP contribution in [-0.4, -0.2) is 36.5 Å². The molecule has 1 aromatic rings. The van der Waals surface area contributed by atoms with Gasteiger partial charge in [0, 0.05) is 25.7 Å². The van der Waals surface area contributed by atoms with Gasteiger partial charge in [0.25, 0.3) is 5.91 Å². The van der Waals surface area contributed by atoms with Crippen molar-refractivity contribution in [1.29, 1.82) is 0 Å². The van der Waals surface area contributed by atoms with Crippen LogP contribution in [0.15, 0.2) is 11.4 Å². The Labute approximate surface area is 113 Å². The Morgan fingerprint density at radius 1 is 1.65 bits per heavy atom. The molecule has 3 nitrogen and oxygen atoms in total. The van der Waals surface area contributed by atoms with Crippen LogP contribution in [0, 0.1) is 0 Å². The second kappa shape index (κ2) is 6.38. The molecule has 1 N–H and O–H groups in total. The van der Waals surface area contributed by atoms with E-state index in [0.717, 1.165) is 30.9 Å². The highest BCUT2D eigenvalue weighted by Gasteiger charge is 2.25. The second-order valence-electron chi connectivity index (χ2n) is 4.18. The minimum Gasteiger partial charge on any atom is -0.333 e. The van der Waals surface area contributed by atoms with E-state index in [-0.39, 0.29) is 18.3 Å². The number of rotatable bonds is 2. The van der Waals surface area contributed by atoms with E-state index in [2.05, 4.69) is 25.2 Å². The molecule has 0 aliphatic carbocycles. The van der Waals surface area contributed by atoms with E-state index in [4.69, 9.17) is 0 Å². The van der Waals surface area contributed by atoms with Gasteiger partial charge in [-0.05, 0) is 30.4 Å². The summed E-state index contributed by atoms with van der Waals surface area (Å²) in [6, 6.07) is 2.36. The van der Waals surface area contributed by atoms with Gasteiger partial charge in [-0.3, -0.25) is 4.79 Å². The molecular formula is C12H19ClN2OS. The molecule has 2 heterocycles. The normalized spacial score (nSPS) is 19.9. The first-order chi connectivity index (χ1) is 7.74. The third kappa shape index (κ3) is 3.00. The predicted octanol–water partition coefficient (Wildman–Crippen LogP) is 2.17. The summed E-state index contributed by atoms with van der Waals surface area (Å²) in [5.41, 5.74) is 1.18. The summed E-state index contributed by atoms with van der Waals surface area (Å²) in [5, 5.41) is 5.32. The molecule has 1 aliphatic rings. The highest BCUT2D eigenvalue weighted by molar-refractivity contribution is 7.12. The molecule has 0 saturated carbocycles. The monoisotopic (exact) mass is 274 g/mol. The van der Waals surface area contributed by atoms with Gasteiger partial charge in [0.2, 0.25) is 0 Å². The summed E-state index contributed by atoms with van der Waals surface area (Å²) in [5.74, 6) is 0.209. The lowest BCUT2D eigenvalue weighted by Crippen LogP contribution is -2.52. The standard InChI is InChI=1S/C12H18N2OS.ClH/c1-3-10-4-7-16-11(10)12(15)14-6-5-13-8-9(14)2;/h4,7,9,13H,3,5-6,8H2,1-2H3;1H. The summed E-state index contributed by atoms with van der Waals surface area (Å²) < 4.78 is 0. The van der Waals surface area contributed by atoms with E-state index >= 15 is 0 Å². The van der Waals surface area contributed by atoms with Gasteiger partial charge in [-0.2, -0.15) is 0 Å². The Morgan fingerprint density at radius 3 is 3.06 bits per heavy atom. The number of carbonyl (C=O) groups excluding carboxylic acids is 1. The zero-order chi connectivity index (χ0) is 11.5. The Morgan fingerprint density at radius 2 is 2.41 bits per heavy atom. The average molecular weight is 275 g/mol. The molecule has 1 saturated heterocycles. The van der Waals surface area contributed by atoms with Crippen molar-refractivity contribution in [2.45, 2.75) is 26.3 Å². The lowest BCUT2D eigenvalue weighted by Gasteiger charge is -2.33. The Bertz CT molecular complexity index is 380. The topological polar surface area (TPSA) is 32.3 Å². The minimum absolute atomic E-state index is 0. The molecule has 1 aromatic heterocycles. The van der Waals surface area contributed by atoms with E-state index in [0.29, 0.717) is 6.04 Å². The van der Waals surface area contributed by atoms with Crippen molar-refractivity contribution in [2.75, 3.05) is 19.6 Å². The quantitative estimate of drug-likeness (QED) is 0.896. The number of halogens is 1. The van der Waals surface area contributed by atoms with E-state index in [1.165, 1.54) is 5.56 Å². The highest BCUT2D eigenvalue weighted by atomic mass is 35.5. The van der Waals surface area contributed by atoms with Gasteiger partial charge in [-0.15, -0.1) is 23.7 Å². The van der Waals surface area contributed by atoms with Crippen LogP contribution < -0.4 is 5.32 Å². The smallest absolute Gasteiger partial charge is 0.264 e. The van der Waals surface area contributed by atoms with Gasteiger partial charge in [0.1, 0.15) is 0 Å². The number of nitrogens with zero attached hydrogens (tertiary/aromatic N) is 1. The number of hydrogen-bond donors (Lipinski definition) is 1. The van der Waals surface area contributed by atoms with Crippen molar-refractivity contribution >= 4 is 29.7 Å². The summed E-state index contributed by atoms with van der Waals surface area (Å²) in [4.78, 5) is 15.3. The van der Waals surface area contributed by atoms with E-state index in [1.54, 1.807) is 11.3 Å². The van der Waals surface area contributed by atoms with Crippen LogP contribution in [0.3, 0.4) is 0 Å². The molecule has 0 radical (unpaired) electrons. The fraction of sp³-hybridized carbons (Fsp3) is 0.583. The van der Waals surface area contributed by atoms with Crippen LogP contribution in [-0.2, 0) is 6.42 Å². The van der Waals surface area contributed by atoms with Crippen LogP contribution in [0.4, 0.5) is 0 Å². The minimum atomic E-state index is 0. The van der Waals surface area contributed by atoms with Crippen molar-refractivity contribution < 1.29 is 4.79 Å². The van der Waals surface area contributed by atoms with E-state index in [1.807, 2.05) is 10.3 Å². The van der Waals surface area contributed by atoms with Crippen LogP contribution in [0.25, 0.3) is 0 Å². The molecule has 1 amide bonds. The maximum Gasteiger partial charge on any atom is 0.264 e. The third-order valence-corrected chi connectivity index (χ3v) is 4.03. The maximum absolute atomic E-state index is 12.4. The molecule has 17 heavy (non-hydrogen) atoms. The van der Waals surface area contributed by atoms with Crippen LogP contribution >= 0.6 is 23.7 Å². The lowest BCUT2D eigenvalue weighted by molar-refractivity contribution is 0.0660. The second-order valence-corrected chi connectivity index (χ2v) is 5.10. The summed E-state index contributed by atoms with van der Waals surface area (Å²) in [7, 11) is 0. The number of carbonyl (C=O) groups is 1. The fourth-order valence-electron chi connectivity index (χ4n) is 2.07. The first kappa shape index (κ1) is 14.5. The van der Waals surface area contributed by atoms with E-state index in [9.17, 15) is 4.79 Å². The van der Waals surface area contributed by atoms with Crippen LogP contribution in [0.1, 0.15) is 29.1 Å². The maximum atomic E-state index is 12.4. The number of thiophene rings is 1. The molecule has 1 atom stereocenters. The van der Waals surface area contributed by atoms with Gasteiger partial charge in [-0.25, -0.2) is 0 Å². The molecule has 96 valence electrons. The van der Waals surface area contributed by atoms with Gasteiger partial charge < -0.3 is 10.2 Å². The first-order valence-electron chi connectivity index (χ1n) is 5.82. The largest absolute Gasteiger partial charge is 0.333 e. The van der Waals surface area contributed by atoms with Crippen molar-refractivity contribution in [1.82, 2.24) is 10.2 Å². The summed E-state index contributed by atoms with van der Waals surface area (Å²) in [6.07, 6.45) is 0.936. The predicted molar refractivity (Wildman–Crippen MR) is 74.3 cm³/mol. The third-order valence-electron chi connectivity index (χ3n) is 3.08. The SMILES string of the molecule is CCc1ccsc1C(=O)N1CCNCC1C.Cl. The molecule has 1 aliphatic heterocycles. The molecule has 2 rings (SSSR count). The molecular weight excluding hydrogens is 256 g/mol. The van der Waals surface area contributed by atoms with Crippen molar-refractivity contribution in [3.8, 4) is 0 Å². The van der Waals surface area contributed by atoms with Crippen molar-refractivity contribution in [2.24, 2.45) is 0 Å². The molecule has 0 bridgehead atoms. The Kier molecular flexibility index (Phi) is 5.43. The molecule has 5 heteroatoms. The first-order valence-corrected chi connectivity index (χ1v) is 6.70. The van der Waals surface area contributed by atoms with Gasteiger partial charge >= 0.3 is 0 Å². The van der Waals surface area contributed by atoms with Gasteiger partial charge in [-0.1, -0.05) is 6.92 Å². The number of piperazine rings is 1. The average Bonchev–Trinajstić information content (AvgIpc) is 2.77. The van der Waals surface area contributed by atoms with Crippen molar-refractivity contribution in [3.63, 3.8) is 0 Å². The zero-order valence-corrected chi connectivity index (χ0v) is 11.9. The number of amides is 1. The van der Waals surface area contributed by atoms with Crippen LogP contribution in [0.2, 0.25) is 0 Å². The van der Waals surface area contributed by atoms with Crippen LogP contribution in [0.5, 0.6) is 0 Å². The number of hydrogen-bond acceptors (Lipinski definition) is 3. The molecule has 1 fully saturated rings. The van der Waals surface area contributed by atoms with Gasteiger partial charge in [0.15, 0.2) is 0 Å². The Balaban J connectivity index is 0.00000144. The zero-order valence-electron chi connectivity index (χ0n) is 10.2. The molecule has 0 spiro atoms. The van der Waals surface area contributed by atoms with Gasteiger partial charge in [0.05, 0.1) is 4.88 Å². The number of nitrogens with one attached hydrogen (secondary N) is 1. The molecule has 1 unspecified atom stereocenters. The Hall–Kier alpha value is -0.580. The lowest BCUT2D eigenvalue weighted by atomic mass is 10.1. The van der Waals surface area contributed by atoms with Crippen molar-refractivity contribution in [3.05, 3.63) is 21.9 Å². The van der Waals surface area contributed by atoms with E-state index < -0.39 is 0 Å². The molecule has 0 aromatic carbocycles. The highest BCUT2D eigenvalue weighted by Crippen LogP contribution is 2.21. The summed E-state index contributed by atoms with van der Waals surface area (Å²) >= 11 is 1.57. The summed E-state index contributed by atoms with van der Waals surface area (Å²) in [6.45, 7) is 6.83. The number of aryl methyl sites for hydroxylation is 1. The fourth-order valence-corrected chi connectivity index (χ4v) is 3.03.